The molecular weight excluding hydrogens is 383 g/mol. The van der Waals surface area contributed by atoms with E-state index in [9.17, 15) is 27.9 Å². The number of carbonyl (C=O) groups excluding carboxylic acids is 1. The first kappa shape index (κ1) is 22.1. The molecule has 0 aromatic carbocycles. The minimum absolute atomic E-state index is 0.0301. The molecule has 0 radical (unpaired) electrons. The minimum Gasteiger partial charge on any atom is -0.394 e. The van der Waals surface area contributed by atoms with Gasteiger partial charge in [-0.15, -0.1) is 0 Å². The van der Waals surface area contributed by atoms with Crippen LogP contribution in [0.5, 0.6) is 0 Å². The van der Waals surface area contributed by atoms with E-state index in [4.69, 9.17) is 4.74 Å². The first-order valence-electron chi connectivity index (χ1n) is 8.84. The second kappa shape index (κ2) is 9.85. The molecule has 0 saturated carbocycles. The Bertz CT molecular complexity index is 712. The molecule has 4 N–H and O–H groups in total. The van der Waals surface area contributed by atoms with E-state index in [1.807, 2.05) is 0 Å². The molecule has 1 aliphatic rings. The summed E-state index contributed by atoms with van der Waals surface area (Å²) >= 11 is 0. The lowest BCUT2D eigenvalue weighted by molar-refractivity contribution is -0.138. The number of aromatic amines is 1. The molecule has 2 atom stereocenters. The second-order valence-corrected chi connectivity index (χ2v) is 6.48. The molecule has 0 spiro atoms. The number of aromatic nitrogens is 2. The summed E-state index contributed by atoms with van der Waals surface area (Å²) < 4.78 is 44.4. The van der Waals surface area contributed by atoms with Crippen molar-refractivity contribution in [1.82, 2.24) is 20.4 Å². The van der Waals surface area contributed by atoms with Crippen LogP contribution in [0.1, 0.15) is 18.9 Å². The zero-order valence-corrected chi connectivity index (χ0v) is 15.4. The number of alkyl halides is 3. The van der Waals surface area contributed by atoms with Gasteiger partial charge in [-0.2, -0.15) is 18.3 Å². The van der Waals surface area contributed by atoms with Gasteiger partial charge in [0.05, 0.1) is 44.2 Å². The Morgan fingerprint density at radius 3 is 2.96 bits per heavy atom. The van der Waals surface area contributed by atoms with Crippen LogP contribution in [-0.4, -0.2) is 77.6 Å². The number of rotatable bonds is 8. The third kappa shape index (κ3) is 5.91. The lowest BCUT2D eigenvalue weighted by Crippen LogP contribution is -2.55. The summed E-state index contributed by atoms with van der Waals surface area (Å²) in [5.41, 5.74) is -3.11. The smallest absolute Gasteiger partial charge is 0.394 e. The van der Waals surface area contributed by atoms with Crippen molar-refractivity contribution in [2.75, 3.05) is 44.8 Å². The molecule has 2 rings (SSSR count). The van der Waals surface area contributed by atoms with Crippen molar-refractivity contribution in [1.29, 1.82) is 0 Å². The fourth-order valence-electron chi connectivity index (χ4n) is 2.91. The number of anilines is 1. The van der Waals surface area contributed by atoms with Crippen molar-refractivity contribution < 1.29 is 27.8 Å². The second-order valence-electron chi connectivity index (χ2n) is 6.48. The van der Waals surface area contributed by atoms with Crippen LogP contribution in [0.3, 0.4) is 0 Å². The lowest BCUT2D eigenvalue weighted by Gasteiger charge is -2.35. The van der Waals surface area contributed by atoms with Gasteiger partial charge in [0, 0.05) is 25.7 Å². The van der Waals surface area contributed by atoms with Gasteiger partial charge in [-0.05, 0) is 6.92 Å². The molecule has 12 heteroatoms. The highest BCUT2D eigenvalue weighted by atomic mass is 19.4. The molecule has 1 amide bonds. The Kier molecular flexibility index (Phi) is 7.78. The molecule has 1 aromatic rings. The zero-order chi connectivity index (χ0) is 20.7. The fourth-order valence-corrected chi connectivity index (χ4v) is 2.91. The number of aliphatic hydroxyl groups excluding tert-OH is 1. The van der Waals surface area contributed by atoms with Crippen LogP contribution < -0.4 is 16.2 Å². The Morgan fingerprint density at radius 1 is 1.54 bits per heavy atom. The summed E-state index contributed by atoms with van der Waals surface area (Å²) in [7, 11) is 0. The Morgan fingerprint density at radius 2 is 2.29 bits per heavy atom. The van der Waals surface area contributed by atoms with Gasteiger partial charge in [-0.3, -0.25) is 9.59 Å². The number of halogens is 3. The summed E-state index contributed by atoms with van der Waals surface area (Å²) in [6.45, 7) is 3.24. The van der Waals surface area contributed by atoms with Gasteiger partial charge >= 0.3 is 6.18 Å². The van der Waals surface area contributed by atoms with Gasteiger partial charge in [0.25, 0.3) is 5.56 Å². The standard InChI is InChI=1S/C16H24F3N5O4/c1-10(22-12-7-21-23-15(27)14(12)16(17,18)19)9-28-5-2-13(26)24-4-3-20-6-11(24)8-25/h7,10-11,20,25H,2-6,8-9H2,1H3,(H2,22,23,27)/t10-,11-/m0/s1. The van der Waals surface area contributed by atoms with Gasteiger partial charge in [-0.1, -0.05) is 0 Å². The van der Waals surface area contributed by atoms with E-state index >= 15 is 0 Å². The monoisotopic (exact) mass is 407 g/mol. The van der Waals surface area contributed by atoms with Crippen molar-refractivity contribution in [2.24, 2.45) is 0 Å². The summed E-state index contributed by atoms with van der Waals surface area (Å²) in [6, 6.07) is -0.824. The zero-order valence-electron chi connectivity index (χ0n) is 15.4. The average molecular weight is 407 g/mol. The number of aliphatic hydroxyl groups is 1. The van der Waals surface area contributed by atoms with Gasteiger partial charge in [-0.25, -0.2) is 5.10 Å². The van der Waals surface area contributed by atoms with Crippen molar-refractivity contribution in [2.45, 2.75) is 31.6 Å². The number of hydrogen-bond acceptors (Lipinski definition) is 7. The number of amides is 1. The maximum atomic E-state index is 13.0. The fraction of sp³-hybridized carbons (Fsp3) is 0.688. The SMILES string of the molecule is C[C@@H](COCCC(=O)N1CCNC[C@H]1CO)Nc1cn[nH]c(=O)c1C(F)(F)F. The number of nitrogens with zero attached hydrogens (tertiary/aromatic N) is 2. The van der Waals surface area contributed by atoms with E-state index in [-0.39, 0.29) is 38.2 Å². The topological polar surface area (TPSA) is 120 Å². The molecule has 0 bridgehead atoms. The maximum Gasteiger partial charge on any atom is 0.423 e. The van der Waals surface area contributed by atoms with Gasteiger partial charge < -0.3 is 25.4 Å². The number of nitrogens with one attached hydrogen (secondary N) is 3. The van der Waals surface area contributed by atoms with Crippen molar-refractivity contribution in [3.63, 3.8) is 0 Å². The molecular formula is C16H24F3N5O4. The predicted molar refractivity (Wildman–Crippen MR) is 93.8 cm³/mol. The summed E-state index contributed by atoms with van der Waals surface area (Å²) in [4.78, 5) is 25.2. The Hall–Kier alpha value is -2.18. The van der Waals surface area contributed by atoms with Gasteiger partial charge in [0.2, 0.25) is 5.91 Å². The van der Waals surface area contributed by atoms with Crippen LogP contribution in [0.15, 0.2) is 11.0 Å². The number of carbonyl (C=O) groups is 1. The molecule has 1 aliphatic heterocycles. The number of H-pyrrole nitrogens is 1. The van der Waals surface area contributed by atoms with E-state index < -0.39 is 29.0 Å². The molecule has 9 nitrogen and oxygen atoms in total. The molecule has 0 unspecified atom stereocenters. The summed E-state index contributed by atoms with van der Waals surface area (Å²) in [6.07, 6.45) is -3.83. The first-order valence-corrected chi connectivity index (χ1v) is 8.84. The average Bonchev–Trinajstić information content (AvgIpc) is 2.64. The van der Waals surface area contributed by atoms with Gasteiger partial charge in [0.15, 0.2) is 0 Å². The molecule has 158 valence electrons. The summed E-state index contributed by atoms with van der Waals surface area (Å²) in [5, 5.41) is 20.1. The lowest BCUT2D eigenvalue weighted by atomic mass is 10.2. The Balaban J connectivity index is 1.81. The molecule has 28 heavy (non-hydrogen) atoms. The minimum atomic E-state index is -4.82. The highest BCUT2D eigenvalue weighted by Gasteiger charge is 2.37. The van der Waals surface area contributed by atoms with Crippen molar-refractivity contribution in [3.8, 4) is 0 Å². The van der Waals surface area contributed by atoms with E-state index in [1.54, 1.807) is 16.9 Å². The largest absolute Gasteiger partial charge is 0.423 e. The third-order valence-electron chi connectivity index (χ3n) is 4.25. The van der Waals surface area contributed by atoms with E-state index in [0.29, 0.717) is 19.6 Å². The molecule has 0 aliphatic carbocycles. The quantitative estimate of drug-likeness (QED) is 0.440. The first-order chi connectivity index (χ1) is 13.2. The van der Waals surface area contributed by atoms with Crippen molar-refractivity contribution in [3.05, 3.63) is 22.1 Å². The van der Waals surface area contributed by atoms with Crippen LogP contribution >= 0.6 is 0 Å². The van der Waals surface area contributed by atoms with E-state index in [2.05, 4.69) is 15.7 Å². The van der Waals surface area contributed by atoms with E-state index in [1.165, 1.54) is 0 Å². The highest BCUT2D eigenvalue weighted by Crippen LogP contribution is 2.31. The molecule has 1 aromatic heterocycles. The van der Waals surface area contributed by atoms with Crippen LogP contribution in [0, 0.1) is 0 Å². The summed E-state index contributed by atoms with van der Waals surface area (Å²) in [5.74, 6) is -0.153. The highest BCUT2D eigenvalue weighted by molar-refractivity contribution is 5.76. The predicted octanol–water partition coefficient (Wildman–Crippen LogP) is -0.211. The molecule has 1 fully saturated rings. The van der Waals surface area contributed by atoms with Crippen LogP contribution in [0.4, 0.5) is 18.9 Å². The van der Waals surface area contributed by atoms with Gasteiger partial charge in [0.1, 0.15) is 5.56 Å². The van der Waals surface area contributed by atoms with Crippen molar-refractivity contribution >= 4 is 11.6 Å². The number of ether oxygens (including phenoxy) is 1. The number of piperazine rings is 1. The third-order valence-corrected chi connectivity index (χ3v) is 4.25. The van der Waals surface area contributed by atoms with Crippen LogP contribution in [0.2, 0.25) is 0 Å². The molecule has 1 saturated heterocycles. The number of hydrogen-bond donors (Lipinski definition) is 4. The Labute approximate surface area is 159 Å². The molecule has 2 heterocycles. The maximum absolute atomic E-state index is 13.0. The van der Waals surface area contributed by atoms with Crippen LogP contribution in [0.25, 0.3) is 0 Å². The van der Waals surface area contributed by atoms with Crippen LogP contribution in [-0.2, 0) is 15.7 Å². The van der Waals surface area contributed by atoms with E-state index in [0.717, 1.165) is 6.20 Å². The normalized spacial score (nSPS) is 18.8.